The average molecular weight is 251 g/mol. The van der Waals surface area contributed by atoms with Gasteiger partial charge in [0, 0.05) is 6.07 Å². The minimum atomic E-state index is -0.710. The first-order chi connectivity index (χ1) is 7.20. The van der Waals surface area contributed by atoms with E-state index in [2.05, 4.69) is 0 Å². The van der Waals surface area contributed by atoms with Crippen molar-refractivity contribution >= 4 is 0 Å². The van der Waals surface area contributed by atoms with Gasteiger partial charge < -0.3 is 10.5 Å². The van der Waals surface area contributed by atoms with Crippen LogP contribution in [-0.4, -0.2) is 6.61 Å². The molecule has 1 aromatic carbocycles. The van der Waals surface area contributed by atoms with E-state index in [-0.39, 0.29) is 69.2 Å². The van der Waals surface area contributed by atoms with Gasteiger partial charge in [-0.3, -0.25) is 0 Å². The molecule has 0 amide bonds. The fourth-order valence-electron chi connectivity index (χ4n) is 1.39. The third kappa shape index (κ3) is 3.75. The maximum absolute atomic E-state index is 13.3. The van der Waals surface area contributed by atoms with Crippen LogP contribution < -0.4 is 56.1 Å². The molecule has 1 fully saturated rings. The minimum Gasteiger partial charge on any atom is -0.674 e. The summed E-state index contributed by atoms with van der Waals surface area (Å²) < 4.78 is 31.4. The molecule has 2 nitrogen and oxygen atoms in total. The van der Waals surface area contributed by atoms with Gasteiger partial charge in [-0.05, 0) is 30.4 Å². The maximum atomic E-state index is 13.3. The summed E-state index contributed by atoms with van der Waals surface area (Å²) in [6.45, 7) is 0.296. The van der Waals surface area contributed by atoms with Crippen molar-refractivity contribution in [2.24, 2.45) is 5.92 Å². The van der Waals surface area contributed by atoms with Crippen molar-refractivity contribution in [2.45, 2.75) is 19.4 Å². The van der Waals surface area contributed by atoms with E-state index in [4.69, 9.17) is 10.5 Å². The Kier molecular flexibility index (Phi) is 5.83. The second-order valence-corrected chi connectivity index (χ2v) is 3.81. The number of halogens is 2. The van der Waals surface area contributed by atoms with E-state index in [9.17, 15) is 8.78 Å². The number of hydrogen-bond donors (Lipinski definition) is 0. The molecule has 82 valence electrons. The van der Waals surface area contributed by atoms with Crippen LogP contribution in [0.25, 0.3) is 5.73 Å². The van der Waals surface area contributed by atoms with E-state index in [1.165, 1.54) is 0 Å². The Bertz CT molecular complexity index is 369. The summed E-state index contributed by atoms with van der Waals surface area (Å²) >= 11 is 0. The number of rotatable bonds is 4. The number of ether oxygens (including phenoxy) is 1. The smallest absolute Gasteiger partial charge is 0.674 e. The maximum Gasteiger partial charge on any atom is 1.00 e. The van der Waals surface area contributed by atoms with E-state index in [0.29, 0.717) is 12.5 Å². The minimum absolute atomic E-state index is 0. The first-order valence-corrected chi connectivity index (χ1v) is 4.96. The van der Waals surface area contributed by atoms with Crippen LogP contribution in [0.1, 0.15) is 18.4 Å². The Morgan fingerprint density at radius 1 is 1.31 bits per heavy atom. The average Bonchev–Trinajstić information content (AvgIpc) is 2.99. The van der Waals surface area contributed by atoms with Gasteiger partial charge in [0.15, 0.2) is 11.6 Å². The van der Waals surface area contributed by atoms with Crippen molar-refractivity contribution in [1.82, 2.24) is 0 Å². The first-order valence-electron chi connectivity index (χ1n) is 4.96. The standard InChI is InChI=1S/C11H12F2NO.K/c12-9-3-8(5-14)11(10(13)4-9)15-6-7-1-2-7;/h3-4,7,14H,1-2,5-6H2;/q-1;+1. The van der Waals surface area contributed by atoms with Gasteiger partial charge in [0.25, 0.3) is 0 Å². The van der Waals surface area contributed by atoms with Gasteiger partial charge in [-0.25, -0.2) is 8.78 Å². The van der Waals surface area contributed by atoms with Crippen LogP contribution in [0.5, 0.6) is 5.75 Å². The molecule has 0 heterocycles. The van der Waals surface area contributed by atoms with Crippen molar-refractivity contribution in [3.8, 4) is 5.75 Å². The van der Waals surface area contributed by atoms with Crippen molar-refractivity contribution in [3.05, 3.63) is 35.1 Å². The molecule has 1 saturated carbocycles. The monoisotopic (exact) mass is 251 g/mol. The molecule has 0 unspecified atom stereocenters. The SMILES string of the molecule is [K+].[NH-]Cc1cc(F)cc(F)c1OCC1CC1. The molecule has 1 N–H and O–H groups in total. The molecule has 2 rings (SSSR count). The molecule has 1 aliphatic carbocycles. The molecule has 0 spiro atoms. The van der Waals surface area contributed by atoms with Crippen molar-refractivity contribution in [2.75, 3.05) is 6.61 Å². The summed E-state index contributed by atoms with van der Waals surface area (Å²) in [5.41, 5.74) is 7.44. The van der Waals surface area contributed by atoms with Crippen LogP contribution in [0.4, 0.5) is 8.78 Å². The van der Waals surface area contributed by atoms with Gasteiger partial charge >= 0.3 is 51.4 Å². The summed E-state index contributed by atoms with van der Waals surface area (Å²) in [4.78, 5) is 0. The molecular formula is C11H12F2KNO. The van der Waals surface area contributed by atoms with Crippen LogP contribution >= 0.6 is 0 Å². The summed E-state index contributed by atoms with van der Waals surface area (Å²) in [5, 5.41) is 0. The summed E-state index contributed by atoms with van der Waals surface area (Å²) in [5.74, 6) is -0.822. The van der Waals surface area contributed by atoms with E-state index < -0.39 is 11.6 Å². The summed E-state index contributed by atoms with van der Waals surface area (Å²) in [7, 11) is 0. The largest absolute Gasteiger partial charge is 1.00 e. The topological polar surface area (TPSA) is 33.0 Å². The van der Waals surface area contributed by atoms with Crippen LogP contribution in [0.3, 0.4) is 0 Å². The van der Waals surface area contributed by atoms with Gasteiger partial charge in [-0.1, -0.05) is 0 Å². The molecule has 0 bridgehead atoms. The predicted octanol–water partition coefficient (Wildman–Crippen LogP) is 0.310. The normalized spacial score (nSPS) is 14.4. The van der Waals surface area contributed by atoms with Crippen LogP contribution in [0, 0.1) is 17.6 Å². The Hall–Kier alpha value is 0.476. The molecule has 0 aromatic heterocycles. The van der Waals surface area contributed by atoms with E-state index in [1.54, 1.807) is 0 Å². The number of hydrogen-bond acceptors (Lipinski definition) is 1. The Labute approximate surface area is 136 Å². The fourth-order valence-corrected chi connectivity index (χ4v) is 1.39. The summed E-state index contributed by atoms with van der Waals surface area (Å²) in [6, 6.07) is 1.94. The molecule has 0 aliphatic heterocycles. The van der Waals surface area contributed by atoms with E-state index in [0.717, 1.165) is 25.0 Å². The second kappa shape index (κ2) is 6.42. The van der Waals surface area contributed by atoms with Gasteiger partial charge in [0.05, 0.1) is 6.61 Å². The van der Waals surface area contributed by atoms with Crippen molar-refractivity contribution in [3.63, 3.8) is 0 Å². The zero-order chi connectivity index (χ0) is 10.8. The predicted molar refractivity (Wildman–Crippen MR) is 52.6 cm³/mol. The van der Waals surface area contributed by atoms with Gasteiger partial charge in [0.1, 0.15) is 5.82 Å². The quantitative estimate of drug-likeness (QED) is 0.709. The number of benzene rings is 1. The number of nitrogens with one attached hydrogen (secondary N) is 1. The van der Waals surface area contributed by atoms with Crippen molar-refractivity contribution < 1.29 is 64.9 Å². The van der Waals surface area contributed by atoms with Gasteiger partial charge in [0.2, 0.25) is 0 Å². The Morgan fingerprint density at radius 2 is 2.00 bits per heavy atom. The fraction of sp³-hybridized carbons (Fsp3) is 0.455. The molecule has 0 radical (unpaired) electrons. The molecule has 0 saturated heterocycles. The second-order valence-electron chi connectivity index (χ2n) is 3.81. The molecule has 0 atom stereocenters. The van der Waals surface area contributed by atoms with Crippen LogP contribution in [0.15, 0.2) is 12.1 Å². The van der Waals surface area contributed by atoms with Gasteiger partial charge in [-0.2, -0.15) is 0 Å². The molecular weight excluding hydrogens is 239 g/mol. The van der Waals surface area contributed by atoms with Gasteiger partial charge in [-0.15, -0.1) is 6.54 Å². The molecule has 1 aromatic rings. The molecule has 1 aliphatic rings. The van der Waals surface area contributed by atoms with Crippen LogP contribution in [0.2, 0.25) is 0 Å². The van der Waals surface area contributed by atoms with Crippen LogP contribution in [-0.2, 0) is 6.54 Å². The molecule has 5 heteroatoms. The third-order valence-corrected chi connectivity index (χ3v) is 2.44. The first kappa shape index (κ1) is 14.5. The molecule has 16 heavy (non-hydrogen) atoms. The summed E-state index contributed by atoms with van der Waals surface area (Å²) in [6.07, 6.45) is 2.22. The van der Waals surface area contributed by atoms with E-state index >= 15 is 0 Å². The zero-order valence-electron chi connectivity index (χ0n) is 9.22. The van der Waals surface area contributed by atoms with Crippen molar-refractivity contribution in [1.29, 1.82) is 0 Å². The third-order valence-electron chi connectivity index (χ3n) is 2.44. The Balaban J connectivity index is 0.00000128. The zero-order valence-corrected chi connectivity index (χ0v) is 12.3. The van der Waals surface area contributed by atoms with E-state index in [1.807, 2.05) is 0 Å². The Morgan fingerprint density at radius 3 is 2.56 bits per heavy atom.